The Morgan fingerprint density at radius 2 is 1.84 bits per heavy atom. The number of nitrogens with zero attached hydrogens (tertiary/aromatic N) is 2. The predicted molar refractivity (Wildman–Crippen MR) is 132 cm³/mol. The molecule has 2 aromatic rings. The first-order valence-corrected chi connectivity index (χ1v) is 12.8. The Morgan fingerprint density at radius 3 is 2.55 bits per heavy atom. The summed E-state index contributed by atoms with van der Waals surface area (Å²) in [6, 6.07) is 19.2. The number of aliphatic imine (C=N–C) groups is 1. The monoisotopic (exact) mass is 440 g/mol. The van der Waals surface area contributed by atoms with E-state index in [2.05, 4.69) is 58.6 Å². The zero-order valence-corrected chi connectivity index (χ0v) is 19.7. The number of piperidine rings is 1. The molecule has 168 valence electrons. The molecule has 1 unspecified atom stereocenters. The van der Waals surface area contributed by atoms with E-state index in [1.54, 1.807) is 0 Å². The number of guanidine groups is 1. The maximum Gasteiger partial charge on any atom is 0.191 e. The quantitative estimate of drug-likeness (QED) is 0.463. The Kier molecular flexibility index (Phi) is 9.56. The Labute approximate surface area is 189 Å². The van der Waals surface area contributed by atoms with E-state index < -0.39 is 10.8 Å². The first-order valence-electron chi connectivity index (χ1n) is 11.3. The van der Waals surface area contributed by atoms with E-state index in [4.69, 9.17) is 0 Å². The van der Waals surface area contributed by atoms with Gasteiger partial charge in [-0.05, 0) is 37.8 Å². The van der Waals surface area contributed by atoms with Crippen LogP contribution in [-0.2, 0) is 23.1 Å². The van der Waals surface area contributed by atoms with Gasteiger partial charge in [0, 0.05) is 54.5 Å². The molecule has 31 heavy (non-hydrogen) atoms. The second kappa shape index (κ2) is 12.6. The van der Waals surface area contributed by atoms with Gasteiger partial charge in [0.05, 0.1) is 6.54 Å². The minimum atomic E-state index is -0.893. The smallest absolute Gasteiger partial charge is 0.191 e. The van der Waals surface area contributed by atoms with Crippen molar-refractivity contribution in [3.8, 4) is 0 Å². The van der Waals surface area contributed by atoms with Crippen molar-refractivity contribution < 1.29 is 4.21 Å². The highest BCUT2D eigenvalue weighted by molar-refractivity contribution is 7.84. The number of likely N-dealkylation sites (tertiary alicyclic amines) is 1. The van der Waals surface area contributed by atoms with Gasteiger partial charge < -0.3 is 10.6 Å². The molecular formula is C25H36N4OS. The molecule has 1 heterocycles. The second-order valence-corrected chi connectivity index (χ2v) is 9.79. The lowest BCUT2D eigenvalue weighted by molar-refractivity contribution is 0.198. The van der Waals surface area contributed by atoms with E-state index in [1.807, 2.05) is 30.3 Å². The molecule has 2 N–H and O–H groups in total. The molecule has 1 aliphatic heterocycles. The Balaban J connectivity index is 1.41. The van der Waals surface area contributed by atoms with E-state index in [1.165, 1.54) is 11.1 Å². The molecule has 3 rings (SSSR count). The highest BCUT2D eigenvalue weighted by atomic mass is 32.2. The van der Waals surface area contributed by atoms with Gasteiger partial charge in [-0.3, -0.25) is 14.1 Å². The van der Waals surface area contributed by atoms with E-state index in [0.29, 0.717) is 24.1 Å². The van der Waals surface area contributed by atoms with Crippen molar-refractivity contribution in [1.29, 1.82) is 0 Å². The molecule has 6 heteroatoms. The van der Waals surface area contributed by atoms with Crippen LogP contribution < -0.4 is 10.6 Å². The summed E-state index contributed by atoms with van der Waals surface area (Å²) in [6.07, 6.45) is 2.21. The molecule has 2 aromatic carbocycles. The van der Waals surface area contributed by atoms with Gasteiger partial charge in [-0.1, -0.05) is 60.2 Å². The lowest BCUT2D eigenvalue weighted by atomic mass is 10.0. The van der Waals surface area contributed by atoms with Crippen molar-refractivity contribution in [1.82, 2.24) is 15.5 Å². The normalized spacial score (nSPS) is 16.8. The molecule has 1 atom stereocenters. The zero-order valence-electron chi connectivity index (χ0n) is 18.8. The van der Waals surface area contributed by atoms with Crippen LogP contribution in [0.5, 0.6) is 0 Å². The fourth-order valence-electron chi connectivity index (χ4n) is 3.91. The van der Waals surface area contributed by atoms with Crippen LogP contribution in [0.2, 0.25) is 0 Å². The Bertz CT molecular complexity index is 848. The average molecular weight is 441 g/mol. The van der Waals surface area contributed by atoms with Crippen LogP contribution in [0.1, 0.15) is 36.5 Å². The van der Waals surface area contributed by atoms with Crippen molar-refractivity contribution >= 4 is 16.8 Å². The molecule has 1 fully saturated rings. The van der Waals surface area contributed by atoms with E-state index in [9.17, 15) is 4.21 Å². The zero-order chi connectivity index (χ0) is 21.9. The van der Waals surface area contributed by atoms with Crippen LogP contribution >= 0.6 is 0 Å². The largest absolute Gasteiger partial charge is 0.357 e. The highest BCUT2D eigenvalue weighted by Gasteiger charge is 2.20. The summed E-state index contributed by atoms with van der Waals surface area (Å²) in [5, 5.41) is 6.92. The van der Waals surface area contributed by atoms with Crippen molar-refractivity contribution in [2.24, 2.45) is 4.99 Å². The first kappa shape index (κ1) is 23.5. The summed E-state index contributed by atoms with van der Waals surface area (Å²) < 4.78 is 12.3. The molecular weight excluding hydrogens is 404 g/mol. The molecule has 0 aromatic heterocycles. The van der Waals surface area contributed by atoms with Crippen molar-refractivity contribution in [3.05, 3.63) is 71.3 Å². The standard InChI is InChI=1S/C25H36N4OS/c1-3-26-25(27-14-17-31(30)20-22-9-5-4-6-10-22)28-24-12-15-29(16-13-24)19-23-11-7-8-21(2)18-23/h4-11,18,24H,3,12-17,19-20H2,1-2H3,(H2,26,27,28). The Hall–Kier alpha value is -2.18. The second-order valence-electron chi connectivity index (χ2n) is 8.22. The highest BCUT2D eigenvalue weighted by Crippen LogP contribution is 2.14. The van der Waals surface area contributed by atoms with Crippen LogP contribution in [0, 0.1) is 6.92 Å². The number of hydrogen-bond acceptors (Lipinski definition) is 3. The maximum atomic E-state index is 12.3. The van der Waals surface area contributed by atoms with Gasteiger partial charge in [0.25, 0.3) is 0 Å². The van der Waals surface area contributed by atoms with Crippen LogP contribution in [-0.4, -0.2) is 53.0 Å². The topological polar surface area (TPSA) is 56.7 Å². The van der Waals surface area contributed by atoms with Gasteiger partial charge >= 0.3 is 0 Å². The Morgan fingerprint density at radius 1 is 1.10 bits per heavy atom. The SMILES string of the molecule is CCNC(=NCCS(=O)Cc1ccccc1)NC1CCN(Cc2cccc(C)c2)CC1. The van der Waals surface area contributed by atoms with E-state index in [0.717, 1.165) is 50.5 Å². The number of benzene rings is 2. The van der Waals surface area contributed by atoms with Gasteiger partial charge in [-0.15, -0.1) is 0 Å². The minimum absolute atomic E-state index is 0.432. The van der Waals surface area contributed by atoms with Gasteiger partial charge in [0.1, 0.15) is 0 Å². The molecule has 0 amide bonds. The minimum Gasteiger partial charge on any atom is -0.357 e. The summed E-state index contributed by atoms with van der Waals surface area (Å²) in [5.41, 5.74) is 3.84. The molecule has 1 saturated heterocycles. The fourth-order valence-corrected chi connectivity index (χ4v) is 4.91. The summed E-state index contributed by atoms with van der Waals surface area (Å²) in [5.74, 6) is 2.02. The van der Waals surface area contributed by atoms with Crippen molar-refractivity contribution in [2.45, 2.75) is 45.0 Å². The van der Waals surface area contributed by atoms with Crippen molar-refractivity contribution in [2.75, 3.05) is 31.9 Å². The van der Waals surface area contributed by atoms with E-state index in [-0.39, 0.29) is 0 Å². The summed E-state index contributed by atoms with van der Waals surface area (Å²) in [7, 11) is -0.893. The molecule has 0 bridgehead atoms. The predicted octanol–water partition coefficient (Wildman–Crippen LogP) is 3.46. The average Bonchev–Trinajstić information content (AvgIpc) is 2.76. The number of hydrogen-bond donors (Lipinski definition) is 2. The maximum absolute atomic E-state index is 12.3. The van der Waals surface area contributed by atoms with Gasteiger partial charge in [0.2, 0.25) is 0 Å². The number of aryl methyl sites for hydroxylation is 1. The molecule has 5 nitrogen and oxygen atoms in total. The summed E-state index contributed by atoms with van der Waals surface area (Å²) >= 11 is 0. The van der Waals surface area contributed by atoms with Gasteiger partial charge in [0.15, 0.2) is 5.96 Å². The first-order chi connectivity index (χ1) is 15.1. The lowest BCUT2D eigenvalue weighted by Crippen LogP contribution is -2.48. The third kappa shape index (κ3) is 8.46. The molecule has 0 radical (unpaired) electrons. The molecule has 1 aliphatic rings. The third-order valence-electron chi connectivity index (χ3n) is 5.52. The molecule has 0 aliphatic carbocycles. The number of nitrogens with one attached hydrogen (secondary N) is 2. The van der Waals surface area contributed by atoms with Gasteiger partial charge in [-0.25, -0.2) is 0 Å². The van der Waals surface area contributed by atoms with Crippen molar-refractivity contribution in [3.63, 3.8) is 0 Å². The lowest BCUT2D eigenvalue weighted by Gasteiger charge is -2.33. The summed E-state index contributed by atoms with van der Waals surface area (Å²) in [4.78, 5) is 7.20. The van der Waals surface area contributed by atoms with Crippen LogP contribution in [0.4, 0.5) is 0 Å². The van der Waals surface area contributed by atoms with Gasteiger partial charge in [-0.2, -0.15) is 0 Å². The van der Waals surface area contributed by atoms with Crippen LogP contribution in [0.25, 0.3) is 0 Å². The molecule has 0 saturated carbocycles. The van der Waals surface area contributed by atoms with Crippen LogP contribution in [0.15, 0.2) is 59.6 Å². The van der Waals surface area contributed by atoms with E-state index >= 15 is 0 Å². The third-order valence-corrected chi connectivity index (χ3v) is 6.81. The summed E-state index contributed by atoms with van der Waals surface area (Å²) in [6.45, 7) is 8.83. The number of rotatable bonds is 9. The molecule has 0 spiro atoms. The van der Waals surface area contributed by atoms with Crippen LogP contribution in [0.3, 0.4) is 0 Å². The fraction of sp³-hybridized carbons (Fsp3) is 0.480.